The average molecular weight is 667 g/mol. The van der Waals surface area contributed by atoms with Crippen molar-refractivity contribution < 1.29 is 47.0 Å². The molecule has 262 valence electrons. The zero-order valence-corrected chi connectivity index (χ0v) is 29.6. The molecule has 4 aliphatic rings. The van der Waals surface area contributed by atoms with Crippen LogP contribution in [0, 0.1) is 0 Å². The molecule has 2 aromatic rings. The van der Waals surface area contributed by atoms with Gasteiger partial charge >= 0.3 is 11.9 Å². The third-order valence-corrected chi connectivity index (χ3v) is 12.3. The largest absolute Gasteiger partial charge is 0.497 e. The maximum Gasteiger partial charge on any atom is 0.306 e. The fourth-order valence-corrected chi connectivity index (χ4v) is 9.53. The van der Waals surface area contributed by atoms with Crippen molar-refractivity contribution in [2.75, 3.05) is 42.5 Å². The van der Waals surface area contributed by atoms with Gasteiger partial charge in [0.2, 0.25) is 0 Å². The molecule has 8 atom stereocenters. The summed E-state index contributed by atoms with van der Waals surface area (Å²) >= 11 is 0. The number of hydrogen-bond acceptors (Lipinski definition) is 8. The Morgan fingerprint density at radius 2 is 0.938 bits per heavy atom. The zero-order chi connectivity index (χ0) is 34.1. The molecule has 0 N–H and O–H groups in total. The van der Waals surface area contributed by atoms with Crippen LogP contribution < -0.4 is 18.9 Å². The van der Waals surface area contributed by atoms with Gasteiger partial charge in [-0.15, -0.1) is 0 Å². The Hall–Kier alpha value is -3.50. The van der Waals surface area contributed by atoms with Crippen LogP contribution in [0.5, 0.6) is 23.0 Å². The molecule has 48 heavy (non-hydrogen) atoms. The molecule has 0 spiro atoms. The van der Waals surface area contributed by atoms with Crippen LogP contribution in [0.15, 0.2) is 36.4 Å². The van der Waals surface area contributed by atoms with E-state index in [1.54, 1.807) is 28.4 Å². The van der Waals surface area contributed by atoms with E-state index in [9.17, 15) is 9.59 Å². The lowest BCUT2D eigenvalue weighted by atomic mass is 9.95. The second kappa shape index (κ2) is 14.2. The van der Waals surface area contributed by atoms with E-state index in [0.717, 1.165) is 108 Å². The minimum Gasteiger partial charge on any atom is -0.497 e. The maximum absolute atomic E-state index is 12.9. The van der Waals surface area contributed by atoms with Crippen LogP contribution in [0.4, 0.5) is 0 Å². The molecule has 10 heteroatoms. The highest BCUT2D eigenvalue weighted by atomic mass is 16.6. The van der Waals surface area contributed by atoms with Crippen LogP contribution in [-0.4, -0.2) is 99.8 Å². The first-order valence-corrected chi connectivity index (χ1v) is 17.6. The van der Waals surface area contributed by atoms with Crippen LogP contribution in [0.2, 0.25) is 0 Å². The number of methoxy groups -OCH3 is 4. The molecular weight excluding hydrogens is 612 g/mol. The fraction of sp³-hybridized carbons (Fsp3) is 0.632. The molecule has 6 rings (SSSR count). The molecule has 10 nitrogen and oxygen atoms in total. The predicted molar refractivity (Wildman–Crippen MR) is 180 cm³/mol. The van der Waals surface area contributed by atoms with E-state index in [0.29, 0.717) is 24.2 Å². The van der Waals surface area contributed by atoms with Crippen molar-refractivity contribution in [3.63, 3.8) is 0 Å². The molecule has 4 saturated heterocycles. The van der Waals surface area contributed by atoms with E-state index < -0.39 is 0 Å². The van der Waals surface area contributed by atoms with E-state index in [1.807, 2.05) is 24.3 Å². The number of benzene rings is 2. The summed E-state index contributed by atoms with van der Waals surface area (Å²) in [5.41, 5.74) is 2.27. The quantitative estimate of drug-likeness (QED) is 0.203. The van der Waals surface area contributed by atoms with Gasteiger partial charge in [-0.3, -0.25) is 9.59 Å². The van der Waals surface area contributed by atoms with Crippen molar-refractivity contribution in [2.45, 2.75) is 114 Å². The number of rotatable bonds is 13. The number of carbonyl (C=O) groups excluding carboxylic acids is 2. The second-order valence-corrected chi connectivity index (χ2v) is 14.8. The zero-order valence-electron chi connectivity index (χ0n) is 29.6. The lowest BCUT2D eigenvalue weighted by molar-refractivity contribution is -0.961. The molecular formula is C38H54N2O8+2. The topological polar surface area (TPSA) is 89.5 Å². The number of quaternary nitrogens is 2. The van der Waals surface area contributed by atoms with Gasteiger partial charge in [-0.2, -0.15) is 0 Å². The molecule has 0 amide bonds. The molecule has 4 heterocycles. The Morgan fingerprint density at radius 3 is 1.25 bits per heavy atom. The molecule has 4 unspecified atom stereocenters. The molecule has 0 saturated carbocycles. The van der Waals surface area contributed by atoms with Crippen molar-refractivity contribution in [1.82, 2.24) is 0 Å². The van der Waals surface area contributed by atoms with Crippen molar-refractivity contribution in [2.24, 2.45) is 0 Å². The Bertz CT molecular complexity index is 1340. The second-order valence-electron chi connectivity index (χ2n) is 14.8. The Labute approximate surface area is 285 Å². The van der Waals surface area contributed by atoms with Crippen molar-refractivity contribution in [3.05, 3.63) is 47.5 Å². The lowest BCUT2D eigenvalue weighted by Crippen LogP contribution is -2.58. The molecule has 0 radical (unpaired) electrons. The number of hydrogen-bond donors (Lipinski definition) is 0. The highest BCUT2D eigenvalue weighted by molar-refractivity contribution is 5.77. The van der Waals surface area contributed by atoms with Gasteiger partial charge in [-0.1, -0.05) is 0 Å². The third kappa shape index (κ3) is 6.83. The van der Waals surface area contributed by atoms with Gasteiger partial charge in [-0.25, -0.2) is 0 Å². The summed E-state index contributed by atoms with van der Waals surface area (Å²) in [6.07, 6.45) is 7.67. The van der Waals surface area contributed by atoms with Gasteiger partial charge in [0.25, 0.3) is 0 Å². The number of carbonyl (C=O) groups is 2. The van der Waals surface area contributed by atoms with Crippen LogP contribution in [0.3, 0.4) is 0 Å². The smallest absolute Gasteiger partial charge is 0.306 e. The van der Waals surface area contributed by atoms with Crippen LogP contribution in [0.25, 0.3) is 0 Å². The van der Waals surface area contributed by atoms with Crippen LogP contribution in [-0.2, 0) is 32.2 Å². The van der Waals surface area contributed by atoms with Gasteiger partial charge in [0.1, 0.15) is 48.3 Å². The van der Waals surface area contributed by atoms with E-state index in [4.69, 9.17) is 28.4 Å². The molecule has 0 aliphatic carbocycles. The Kier molecular flexibility index (Phi) is 10.1. The van der Waals surface area contributed by atoms with Crippen molar-refractivity contribution >= 4 is 11.9 Å². The van der Waals surface area contributed by atoms with Gasteiger partial charge < -0.3 is 37.4 Å². The summed E-state index contributed by atoms with van der Waals surface area (Å²) in [6.45, 7) is 1.69. The standard InChI is InChI=1S/C38H54N2O8/c1-39(23-25-17-31(43-3)11-13-35(25)45-5)27-7-8-28(39)20-33(19-27)47-37(41)15-16-38(42)48-34-21-29-9-10-30(22-34)40(29,2)24-26-18-32(44-4)12-14-36(26)46-6/h11-14,17-18,27-30,33-34H,7-10,15-16,19-24H2,1-6H3/q+2/t27-,28+,29-,30+,33?,34?,39?,40?. The first kappa shape index (κ1) is 34.4. The van der Waals surface area contributed by atoms with Gasteiger partial charge in [0.15, 0.2) is 0 Å². The van der Waals surface area contributed by atoms with Crippen molar-refractivity contribution in [3.8, 4) is 23.0 Å². The molecule has 4 fully saturated rings. The molecule has 2 aromatic carbocycles. The highest BCUT2D eigenvalue weighted by Gasteiger charge is 2.54. The van der Waals surface area contributed by atoms with Crippen LogP contribution >= 0.6 is 0 Å². The van der Waals surface area contributed by atoms with E-state index in [1.165, 1.54) is 0 Å². The van der Waals surface area contributed by atoms with Crippen molar-refractivity contribution in [1.29, 1.82) is 0 Å². The average Bonchev–Trinajstić information content (AvgIpc) is 3.31. The number of piperidine rings is 2. The maximum atomic E-state index is 12.9. The van der Waals surface area contributed by atoms with E-state index in [-0.39, 0.29) is 37.0 Å². The number of fused-ring (bicyclic) bond motifs is 4. The number of nitrogens with zero attached hydrogens (tertiary/aromatic N) is 2. The summed E-state index contributed by atoms with van der Waals surface area (Å²) in [5, 5.41) is 0. The number of ether oxygens (including phenoxy) is 6. The van der Waals surface area contributed by atoms with E-state index in [2.05, 4.69) is 26.2 Å². The summed E-state index contributed by atoms with van der Waals surface area (Å²) in [6, 6.07) is 13.5. The third-order valence-electron chi connectivity index (χ3n) is 12.3. The highest BCUT2D eigenvalue weighted by Crippen LogP contribution is 2.46. The molecule has 0 aromatic heterocycles. The normalized spacial score (nSPS) is 32.0. The molecule has 4 aliphatic heterocycles. The minimum absolute atomic E-state index is 0.0563. The minimum atomic E-state index is -0.304. The molecule has 4 bridgehead atoms. The Morgan fingerprint density at radius 1 is 0.583 bits per heavy atom. The summed E-state index contributed by atoms with van der Waals surface area (Å²) in [5.74, 6) is 2.79. The fourth-order valence-electron chi connectivity index (χ4n) is 9.53. The lowest BCUT2D eigenvalue weighted by Gasteiger charge is -2.47. The summed E-state index contributed by atoms with van der Waals surface area (Å²) in [7, 11) is 11.4. The van der Waals surface area contributed by atoms with E-state index >= 15 is 0 Å². The van der Waals surface area contributed by atoms with Crippen LogP contribution in [0.1, 0.15) is 75.3 Å². The summed E-state index contributed by atoms with van der Waals surface area (Å²) < 4.78 is 36.1. The predicted octanol–water partition coefficient (Wildman–Crippen LogP) is 5.57. The first-order chi connectivity index (χ1) is 23.1. The summed E-state index contributed by atoms with van der Waals surface area (Å²) in [4.78, 5) is 25.9. The SMILES string of the molecule is COc1ccc(OC)c(C[N+]2(C)[C@@H]3CC[C@H]2CC(OC(=O)CCC(=O)OC2C[C@H]4CC[C@@H](C2)[N+]4(C)Cc2cc(OC)ccc2OC)C3)c1. The first-order valence-electron chi connectivity index (χ1n) is 17.6. The Balaban J connectivity index is 0.972. The monoisotopic (exact) mass is 666 g/mol. The van der Waals surface area contributed by atoms with Gasteiger partial charge in [-0.05, 0) is 36.4 Å². The van der Waals surface area contributed by atoms with Gasteiger partial charge in [0, 0.05) is 51.4 Å². The van der Waals surface area contributed by atoms with Gasteiger partial charge in [0.05, 0.1) is 90.7 Å². The number of esters is 2.